The van der Waals surface area contributed by atoms with Crippen LogP contribution in [0, 0.1) is 0 Å². The Bertz CT molecular complexity index is 589. The Morgan fingerprint density at radius 2 is 2.11 bits per heavy atom. The minimum atomic E-state index is 0. The highest BCUT2D eigenvalue weighted by Gasteiger charge is 2.23. The molecule has 152 valence electrons. The van der Waals surface area contributed by atoms with Gasteiger partial charge in [0.1, 0.15) is 0 Å². The molecule has 1 fully saturated rings. The van der Waals surface area contributed by atoms with Crippen molar-refractivity contribution in [2.24, 2.45) is 4.99 Å². The van der Waals surface area contributed by atoms with Crippen LogP contribution in [0.1, 0.15) is 23.8 Å². The fourth-order valence-corrected chi connectivity index (χ4v) is 4.19. The van der Waals surface area contributed by atoms with Crippen LogP contribution < -0.4 is 10.6 Å². The smallest absolute Gasteiger partial charge is 0.191 e. The maximum atomic E-state index is 5.52. The molecule has 1 aromatic rings. The summed E-state index contributed by atoms with van der Waals surface area (Å²) in [5.74, 6) is 0.868. The molecule has 27 heavy (non-hydrogen) atoms. The Kier molecular flexibility index (Phi) is 10.6. The summed E-state index contributed by atoms with van der Waals surface area (Å²) in [6.07, 6.45) is 4.29. The van der Waals surface area contributed by atoms with E-state index >= 15 is 0 Å². The maximum Gasteiger partial charge on any atom is 0.191 e. The van der Waals surface area contributed by atoms with Gasteiger partial charge in [-0.25, -0.2) is 0 Å². The monoisotopic (exact) mass is 506 g/mol. The predicted octanol–water partition coefficient (Wildman–Crippen LogP) is 2.64. The maximum absolute atomic E-state index is 5.52. The molecule has 2 N–H and O–H groups in total. The molecule has 1 saturated heterocycles. The molecule has 0 saturated carbocycles. The van der Waals surface area contributed by atoms with Gasteiger partial charge in [0.05, 0.1) is 32.5 Å². The number of guanidine groups is 1. The van der Waals surface area contributed by atoms with Crippen LogP contribution in [-0.4, -0.2) is 70.5 Å². The summed E-state index contributed by atoms with van der Waals surface area (Å²) in [6, 6.07) is 4.71. The second-order valence-electron chi connectivity index (χ2n) is 6.50. The van der Waals surface area contributed by atoms with Crippen molar-refractivity contribution in [2.75, 3.05) is 59.7 Å². The van der Waals surface area contributed by atoms with Gasteiger partial charge in [0.2, 0.25) is 0 Å². The lowest BCUT2D eigenvalue weighted by molar-refractivity contribution is 0.0177. The highest BCUT2D eigenvalue weighted by molar-refractivity contribution is 14.0. The molecule has 1 atom stereocenters. The Labute approximate surface area is 183 Å². The molecule has 6 nitrogen and oxygen atoms in total. The third kappa shape index (κ3) is 7.34. The molecule has 3 rings (SSSR count). The summed E-state index contributed by atoms with van der Waals surface area (Å²) in [6.45, 7) is 6.93. The van der Waals surface area contributed by atoms with Crippen LogP contribution >= 0.6 is 35.3 Å². The van der Waals surface area contributed by atoms with E-state index in [-0.39, 0.29) is 24.0 Å². The van der Waals surface area contributed by atoms with Crippen molar-refractivity contribution in [3.05, 3.63) is 34.0 Å². The summed E-state index contributed by atoms with van der Waals surface area (Å²) >= 11 is 1.82. The number of rotatable bonds is 7. The van der Waals surface area contributed by atoms with E-state index in [1.165, 1.54) is 10.5 Å². The second-order valence-corrected chi connectivity index (χ2v) is 7.48. The van der Waals surface area contributed by atoms with Crippen molar-refractivity contribution < 1.29 is 9.47 Å². The average Bonchev–Trinajstić information content (AvgIpc) is 3.23. The van der Waals surface area contributed by atoms with Gasteiger partial charge in [0, 0.05) is 38.1 Å². The molecule has 1 unspecified atom stereocenters. The number of hydrogen-bond acceptors (Lipinski definition) is 5. The predicted molar refractivity (Wildman–Crippen MR) is 122 cm³/mol. The molecule has 0 bridgehead atoms. The summed E-state index contributed by atoms with van der Waals surface area (Å²) in [5, 5.41) is 9.10. The van der Waals surface area contributed by atoms with E-state index in [4.69, 9.17) is 9.47 Å². The highest BCUT2D eigenvalue weighted by atomic mass is 127. The summed E-state index contributed by atoms with van der Waals surface area (Å²) in [5.41, 5.74) is 1.48. The van der Waals surface area contributed by atoms with E-state index in [9.17, 15) is 0 Å². The largest absolute Gasteiger partial charge is 0.379 e. The minimum Gasteiger partial charge on any atom is -0.379 e. The number of ether oxygens (including phenoxy) is 2. The van der Waals surface area contributed by atoms with Crippen LogP contribution in [0.3, 0.4) is 0 Å². The second kappa shape index (κ2) is 12.7. The Morgan fingerprint density at radius 1 is 1.26 bits per heavy atom. The molecular weight excluding hydrogens is 475 g/mol. The zero-order valence-corrected chi connectivity index (χ0v) is 19.1. The lowest BCUT2D eigenvalue weighted by Crippen LogP contribution is -2.46. The molecule has 3 heterocycles. The van der Waals surface area contributed by atoms with E-state index in [0.29, 0.717) is 6.04 Å². The first-order valence-corrected chi connectivity index (χ1v) is 10.3. The molecule has 0 spiro atoms. The first kappa shape index (κ1) is 22.6. The van der Waals surface area contributed by atoms with Crippen molar-refractivity contribution in [1.82, 2.24) is 15.5 Å². The number of aliphatic imine (C=N–C) groups is 1. The number of nitrogens with one attached hydrogen (secondary N) is 2. The van der Waals surface area contributed by atoms with Crippen LogP contribution in [0.15, 0.2) is 34.2 Å². The molecule has 0 aromatic carbocycles. The lowest BCUT2D eigenvalue weighted by atomic mass is 10.1. The zero-order chi connectivity index (χ0) is 18.0. The van der Waals surface area contributed by atoms with Crippen molar-refractivity contribution in [2.45, 2.75) is 18.9 Å². The van der Waals surface area contributed by atoms with E-state index in [1.54, 1.807) is 0 Å². The third-order valence-corrected chi connectivity index (χ3v) is 5.81. The van der Waals surface area contributed by atoms with Gasteiger partial charge < -0.3 is 20.1 Å². The van der Waals surface area contributed by atoms with Gasteiger partial charge in [0.25, 0.3) is 0 Å². The summed E-state index contributed by atoms with van der Waals surface area (Å²) in [7, 11) is 1.83. The standard InChI is InChI=1S/C19H30N4O2S.HI/c1-20-19(21-7-4-16-5-10-24-11-6-16)22-15-17(18-3-2-14-26-18)23-8-12-25-13-9-23;/h2-3,5,14,17H,4,6-13,15H2,1H3,(H2,20,21,22);1H. The molecule has 1 aromatic heterocycles. The Morgan fingerprint density at radius 3 is 2.78 bits per heavy atom. The minimum absolute atomic E-state index is 0. The van der Waals surface area contributed by atoms with Crippen molar-refractivity contribution in [3.8, 4) is 0 Å². The van der Waals surface area contributed by atoms with Gasteiger partial charge in [-0.05, 0) is 24.3 Å². The molecule has 2 aliphatic rings. The van der Waals surface area contributed by atoms with Crippen molar-refractivity contribution in [3.63, 3.8) is 0 Å². The molecule has 0 radical (unpaired) electrons. The molecule has 2 aliphatic heterocycles. The molecule has 0 amide bonds. The third-order valence-electron chi connectivity index (χ3n) is 4.84. The van der Waals surface area contributed by atoms with Crippen LogP contribution in [-0.2, 0) is 9.47 Å². The zero-order valence-electron chi connectivity index (χ0n) is 16.0. The number of thiophene rings is 1. The lowest BCUT2D eigenvalue weighted by Gasteiger charge is -2.34. The van der Waals surface area contributed by atoms with Gasteiger partial charge >= 0.3 is 0 Å². The van der Waals surface area contributed by atoms with Crippen LogP contribution in [0.5, 0.6) is 0 Å². The van der Waals surface area contributed by atoms with E-state index in [1.807, 2.05) is 18.4 Å². The normalized spacial score (nSPS) is 19.7. The van der Waals surface area contributed by atoms with E-state index in [0.717, 1.165) is 71.4 Å². The quantitative estimate of drug-likeness (QED) is 0.258. The Balaban J connectivity index is 0.00000261. The summed E-state index contributed by atoms with van der Waals surface area (Å²) in [4.78, 5) is 8.27. The van der Waals surface area contributed by atoms with E-state index in [2.05, 4.69) is 44.1 Å². The number of hydrogen-bond donors (Lipinski definition) is 2. The van der Waals surface area contributed by atoms with Crippen molar-refractivity contribution in [1.29, 1.82) is 0 Å². The Hall–Kier alpha value is -0.680. The average molecular weight is 506 g/mol. The molecular formula is C19H31IN4O2S. The van der Waals surface area contributed by atoms with Crippen LogP contribution in [0.25, 0.3) is 0 Å². The fourth-order valence-electron chi connectivity index (χ4n) is 3.33. The van der Waals surface area contributed by atoms with Gasteiger partial charge in [-0.3, -0.25) is 9.89 Å². The number of morpholine rings is 1. The number of nitrogens with zero attached hydrogens (tertiary/aromatic N) is 2. The first-order chi connectivity index (χ1) is 12.9. The van der Waals surface area contributed by atoms with Crippen molar-refractivity contribution >= 4 is 41.3 Å². The fraction of sp³-hybridized carbons (Fsp3) is 0.632. The number of halogens is 1. The highest BCUT2D eigenvalue weighted by Crippen LogP contribution is 2.25. The van der Waals surface area contributed by atoms with Gasteiger partial charge in [-0.15, -0.1) is 35.3 Å². The summed E-state index contributed by atoms with van der Waals surface area (Å²) < 4.78 is 10.9. The van der Waals surface area contributed by atoms with Crippen LogP contribution in [0.2, 0.25) is 0 Å². The van der Waals surface area contributed by atoms with Gasteiger partial charge in [-0.2, -0.15) is 0 Å². The topological polar surface area (TPSA) is 58.1 Å². The SMILES string of the molecule is CN=C(NCCC1=CCOCC1)NCC(c1cccs1)N1CCOCC1.I. The van der Waals surface area contributed by atoms with Crippen LogP contribution in [0.4, 0.5) is 0 Å². The van der Waals surface area contributed by atoms with E-state index < -0.39 is 0 Å². The molecule has 8 heteroatoms. The first-order valence-electron chi connectivity index (χ1n) is 9.42. The van der Waals surface area contributed by atoms with Gasteiger partial charge in [-0.1, -0.05) is 17.7 Å². The van der Waals surface area contributed by atoms with Gasteiger partial charge in [0.15, 0.2) is 5.96 Å². The molecule has 0 aliphatic carbocycles.